The lowest BCUT2D eigenvalue weighted by Crippen LogP contribution is -2.08. The Morgan fingerprint density at radius 2 is 1.84 bits per heavy atom. The van der Waals surface area contributed by atoms with E-state index in [9.17, 15) is 13.2 Å². The van der Waals surface area contributed by atoms with E-state index in [0.29, 0.717) is 17.1 Å². The van der Waals surface area contributed by atoms with Crippen LogP contribution >= 0.6 is 0 Å². The van der Waals surface area contributed by atoms with Gasteiger partial charge in [0.15, 0.2) is 5.69 Å². The third-order valence-electron chi connectivity index (χ3n) is 2.74. The number of hydrogen-bond donors (Lipinski definition) is 0. The van der Waals surface area contributed by atoms with Crippen LogP contribution in [0, 0.1) is 13.8 Å². The molecule has 0 saturated carbocycles. The van der Waals surface area contributed by atoms with Crippen molar-refractivity contribution < 1.29 is 17.9 Å². The van der Waals surface area contributed by atoms with Crippen molar-refractivity contribution in [1.82, 2.24) is 9.78 Å². The van der Waals surface area contributed by atoms with Gasteiger partial charge in [0.05, 0.1) is 7.11 Å². The summed E-state index contributed by atoms with van der Waals surface area (Å²) in [4.78, 5) is 0. The van der Waals surface area contributed by atoms with Crippen molar-refractivity contribution >= 4 is 0 Å². The van der Waals surface area contributed by atoms with Crippen LogP contribution in [-0.4, -0.2) is 16.9 Å². The van der Waals surface area contributed by atoms with Crippen LogP contribution in [0.25, 0.3) is 5.69 Å². The number of halogens is 3. The molecule has 1 aromatic heterocycles. The van der Waals surface area contributed by atoms with Crippen molar-refractivity contribution in [2.24, 2.45) is 0 Å². The molecule has 0 unspecified atom stereocenters. The minimum Gasteiger partial charge on any atom is -0.494 e. The van der Waals surface area contributed by atoms with Gasteiger partial charge in [-0.15, -0.1) is 0 Å². The average Bonchev–Trinajstić information content (AvgIpc) is 2.71. The second-order valence-corrected chi connectivity index (χ2v) is 4.26. The monoisotopic (exact) mass is 270 g/mol. The fourth-order valence-electron chi connectivity index (χ4n) is 1.82. The van der Waals surface area contributed by atoms with Gasteiger partial charge in [-0.2, -0.15) is 18.3 Å². The number of ether oxygens (including phenoxy) is 1. The second-order valence-electron chi connectivity index (χ2n) is 4.26. The number of aromatic nitrogens is 2. The Bertz CT molecular complexity index is 602. The van der Waals surface area contributed by atoms with Gasteiger partial charge >= 0.3 is 6.18 Å². The Morgan fingerprint density at radius 3 is 2.37 bits per heavy atom. The van der Waals surface area contributed by atoms with Crippen molar-refractivity contribution in [3.05, 3.63) is 41.2 Å². The quantitative estimate of drug-likeness (QED) is 0.835. The highest BCUT2D eigenvalue weighted by molar-refractivity contribution is 5.49. The summed E-state index contributed by atoms with van der Waals surface area (Å²) in [5.74, 6) is 0.477. The molecule has 0 amide bonds. The first kappa shape index (κ1) is 13.5. The molecule has 0 saturated heterocycles. The van der Waals surface area contributed by atoms with Crippen molar-refractivity contribution in [2.45, 2.75) is 20.0 Å². The van der Waals surface area contributed by atoms with Gasteiger partial charge < -0.3 is 4.74 Å². The van der Waals surface area contributed by atoms with Crippen molar-refractivity contribution in [3.63, 3.8) is 0 Å². The van der Waals surface area contributed by atoms with Crippen molar-refractivity contribution in [3.8, 4) is 11.4 Å². The minimum absolute atomic E-state index is 0.399. The maximum atomic E-state index is 12.7. The molecule has 102 valence electrons. The van der Waals surface area contributed by atoms with Crippen LogP contribution in [0.3, 0.4) is 0 Å². The van der Waals surface area contributed by atoms with Crippen molar-refractivity contribution in [2.75, 3.05) is 7.11 Å². The zero-order valence-corrected chi connectivity index (χ0v) is 10.7. The van der Waals surface area contributed by atoms with Gasteiger partial charge in [-0.05, 0) is 37.6 Å². The van der Waals surface area contributed by atoms with E-state index in [1.165, 1.54) is 11.8 Å². The summed E-state index contributed by atoms with van der Waals surface area (Å²) in [6, 6.07) is 6.28. The van der Waals surface area contributed by atoms with E-state index in [0.717, 1.165) is 11.6 Å². The fourth-order valence-corrected chi connectivity index (χ4v) is 1.82. The predicted molar refractivity (Wildman–Crippen MR) is 64.6 cm³/mol. The van der Waals surface area contributed by atoms with Crippen LogP contribution in [-0.2, 0) is 6.18 Å². The number of hydrogen-bond acceptors (Lipinski definition) is 2. The molecule has 6 heteroatoms. The molecule has 0 radical (unpaired) electrons. The number of alkyl halides is 3. The molecule has 0 aliphatic heterocycles. The summed E-state index contributed by atoms with van der Waals surface area (Å²) in [6.07, 6.45) is -4.45. The Kier molecular flexibility index (Phi) is 3.26. The molecule has 0 aliphatic rings. The van der Waals surface area contributed by atoms with Crippen LogP contribution in [0.4, 0.5) is 13.2 Å². The molecule has 3 nitrogen and oxygen atoms in total. The number of rotatable bonds is 2. The van der Waals surface area contributed by atoms with Gasteiger partial charge in [0.1, 0.15) is 11.4 Å². The molecule has 2 aromatic rings. The number of benzene rings is 1. The second kappa shape index (κ2) is 4.60. The fraction of sp³-hybridized carbons (Fsp3) is 0.308. The average molecular weight is 270 g/mol. The summed E-state index contributed by atoms with van der Waals surface area (Å²) in [5, 5.41) is 3.61. The number of nitrogens with zero attached hydrogens (tertiary/aromatic N) is 2. The first-order chi connectivity index (χ1) is 8.82. The van der Waals surface area contributed by atoms with Crippen LogP contribution in [0.5, 0.6) is 5.75 Å². The van der Waals surface area contributed by atoms with Crippen molar-refractivity contribution in [1.29, 1.82) is 0 Å². The third-order valence-corrected chi connectivity index (χ3v) is 2.74. The molecule has 0 bridgehead atoms. The summed E-state index contributed by atoms with van der Waals surface area (Å²) in [6.45, 7) is 3.43. The maximum absolute atomic E-state index is 12.7. The first-order valence-electron chi connectivity index (χ1n) is 5.62. The van der Waals surface area contributed by atoms with Gasteiger partial charge in [0.2, 0.25) is 0 Å². The molecular weight excluding hydrogens is 257 g/mol. The highest BCUT2D eigenvalue weighted by atomic mass is 19.4. The van der Waals surface area contributed by atoms with E-state index < -0.39 is 11.9 Å². The molecule has 0 aliphatic carbocycles. The highest BCUT2D eigenvalue weighted by Gasteiger charge is 2.34. The van der Waals surface area contributed by atoms with E-state index in [4.69, 9.17) is 4.74 Å². The lowest BCUT2D eigenvalue weighted by molar-refractivity contribution is -0.141. The molecule has 0 spiro atoms. The zero-order valence-electron chi connectivity index (χ0n) is 10.7. The maximum Gasteiger partial charge on any atom is 0.435 e. The molecule has 2 rings (SSSR count). The van der Waals surface area contributed by atoms with Gasteiger partial charge in [0.25, 0.3) is 0 Å². The van der Waals surface area contributed by atoms with E-state index in [1.54, 1.807) is 19.1 Å². The van der Waals surface area contributed by atoms with Gasteiger partial charge in [-0.3, -0.25) is 0 Å². The largest absolute Gasteiger partial charge is 0.494 e. The van der Waals surface area contributed by atoms with E-state index in [2.05, 4.69) is 5.10 Å². The van der Waals surface area contributed by atoms with E-state index in [1.807, 2.05) is 13.0 Å². The molecule has 19 heavy (non-hydrogen) atoms. The van der Waals surface area contributed by atoms with Crippen LogP contribution in [0.1, 0.15) is 17.0 Å². The highest BCUT2D eigenvalue weighted by Crippen LogP contribution is 2.31. The Labute approximate surface area is 108 Å². The summed E-state index contributed by atoms with van der Waals surface area (Å²) < 4.78 is 44.4. The van der Waals surface area contributed by atoms with E-state index in [-0.39, 0.29) is 0 Å². The minimum atomic E-state index is -4.45. The van der Waals surface area contributed by atoms with Crippen LogP contribution < -0.4 is 4.74 Å². The smallest absolute Gasteiger partial charge is 0.435 e. The molecule has 0 N–H and O–H groups in total. The lowest BCUT2D eigenvalue weighted by atomic mass is 10.2. The Morgan fingerprint density at radius 1 is 1.16 bits per heavy atom. The topological polar surface area (TPSA) is 27.1 Å². The Balaban J connectivity index is 2.59. The van der Waals surface area contributed by atoms with Gasteiger partial charge in [-0.25, -0.2) is 4.68 Å². The third kappa shape index (κ3) is 2.57. The summed E-state index contributed by atoms with van der Waals surface area (Å²) >= 11 is 0. The van der Waals surface area contributed by atoms with E-state index >= 15 is 0 Å². The molecular formula is C13H13F3N2O. The SMILES string of the molecule is COc1ccc(C)cc1-n1nc(C(F)(F)F)cc1C. The zero-order chi connectivity index (χ0) is 14.2. The van der Waals surface area contributed by atoms with Gasteiger partial charge in [-0.1, -0.05) is 6.07 Å². The lowest BCUT2D eigenvalue weighted by Gasteiger charge is -2.11. The first-order valence-corrected chi connectivity index (χ1v) is 5.62. The molecule has 1 heterocycles. The molecule has 0 fully saturated rings. The van der Waals surface area contributed by atoms with Crippen LogP contribution in [0.15, 0.2) is 24.3 Å². The number of aryl methyl sites for hydroxylation is 2. The van der Waals surface area contributed by atoms with Crippen LogP contribution in [0.2, 0.25) is 0 Å². The summed E-state index contributed by atoms with van der Waals surface area (Å²) in [5.41, 5.74) is 0.902. The predicted octanol–water partition coefficient (Wildman–Crippen LogP) is 3.52. The van der Waals surface area contributed by atoms with Gasteiger partial charge in [0, 0.05) is 5.69 Å². The normalized spacial score (nSPS) is 11.7. The standard InChI is InChI=1S/C13H13F3N2O/c1-8-4-5-11(19-3)10(6-8)18-9(2)7-12(17-18)13(14,15)16/h4-7H,1-3H3. The number of methoxy groups -OCH3 is 1. The Hall–Kier alpha value is -1.98. The molecule has 0 atom stereocenters. The molecule has 1 aromatic carbocycles. The summed E-state index contributed by atoms with van der Waals surface area (Å²) in [7, 11) is 1.47.